The van der Waals surface area contributed by atoms with Crippen LogP contribution in [0.1, 0.15) is 12.0 Å². The summed E-state index contributed by atoms with van der Waals surface area (Å²) in [5.74, 6) is 1.08. The standard InChI is InChI=1S/C13H14N6/c14-4-2-6-19(10-11-3-1-5-16-7-11)13-9-17-12(15)8-18-13/h1,3,5,7-9H,2,6,10H2,(H2,15,17). The molecular weight excluding hydrogens is 240 g/mol. The average Bonchev–Trinajstić information content (AvgIpc) is 2.45. The maximum atomic E-state index is 8.73. The van der Waals surface area contributed by atoms with Gasteiger partial charge in [-0.15, -0.1) is 0 Å². The number of aromatic nitrogens is 3. The summed E-state index contributed by atoms with van der Waals surface area (Å²) in [5.41, 5.74) is 6.58. The molecule has 2 rings (SSSR count). The molecule has 0 unspecified atom stereocenters. The molecule has 0 fully saturated rings. The lowest BCUT2D eigenvalue weighted by Gasteiger charge is -2.22. The number of nitrogen functional groups attached to an aromatic ring is 1. The van der Waals surface area contributed by atoms with Crippen LogP contribution in [0.25, 0.3) is 0 Å². The normalized spacial score (nSPS) is 9.84. The number of anilines is 2. The van der Waals surface area contributed by atoms with Crippen LogP contribution in [0.5, 0.6) is 0 Å². The molecule has 2 heterocycles. The Bertz CT molecular complexity index is 546. The second kappa shape index (κ2) is 6.31. The van der Waals surface area contributed by atoms with Crippen LogP contribution in [0, 0.1) is 11.3 Å². The van der Waals surface area contributed by atoms with Gasteiger partial charge in [-0.2, -0.15) is 5.26 Å². The first-order chi connectivity index (χ1) is 9.29. The molecule has 0 radical (unpaired) electrons. The predicted octanol–water partition coefficient (Wildman–Crippen LogP) is 1.37. The number of rotatable bonds is 5. The topological polar surface area (TPSA) is 91.7 Å². The van der Waals surface area contributed by atoms with Crippen LogP contribution in [0.3, 0.4) is 0 Å². The fraction of sp³-hybridized carbons (Fsp3) is 0.231. The van der Waals surface area contributed by atoms with Crippen LogP contribution in [0.15, 0.2) is 36.9 Å². The van der Waals surface area contributed by atoms with Crippen LogP contribution >= 0.6 is 0 Å². The summed E-state index contributed by atoms with van der Waals surface area (Å²) in [6, 6.07) is 6.00. The molecule has 2 aromatic rings. The first-order valence-electron chi connectivity index (χ1n) is 5.88. The number of nitrogens with zero attached hydrogens (tertiary/aromatic N) is 5. The van der Waals surface area contributed by atoms with Crippen LogP contribution in [-0.4, -0.2) is 21.5 Å². The van der Waals surface area contributed by atoms with Gasteiger partial charge in [0.2, 0.25) is 0 Å². The lowest BCUT2D eigenvalue weighted by molar-refractivity contribution is 0.777. The highest BCUT2D eigenvalue weighted by atomic mass is 15.2. The summed E-state index contributed by atoms with van der Waals surface area (Å²) >= 11 is 0. The van der Waals surface area contributed by atoms with Crippen molar-refractivity contribution < 1.29 is 0 Å². The zero-order chi connectivity index (χ0) is 13.5. The van der Waals surface area contributed by atoms with Crippen molar-refractivity contribution >= 4 is 11.6 Å². The van der Waals surface area contributed by atoms with E-state index in [9.17, 15) is 0 Å². The first kappa shape index (κ1) is 12.8. The van der Waals surface area contributed by atoms with E-state index < -0.39 is 0 Å². The minimum absolute atomic E-state index is 0.380. The van der Waals surface area contributed by atoms with Crippen molar-refractivity contribution in [1.29, 1.82) is 5.26 Å². The van der Waals surface area contributed by atoms with Crippen molar-refractivity contribution in [3.63, 3.8) is 0 Å². The summed E-state index contributed by atoms with van der Waals surface area (Å²) in [7, 11) is 0. The molecule has 0 atom stereocenters. The summed E-state index contributed by atoms with van der Waals surface area (Å²) in [6.07, 6.45) is 7.07. The molecule has 19 heavy (non-hydrogen) atoms. The van der Waals surface area contributed by atoms with Crippen LogP contribution in [0.2, 0.25) is 0 Å². The molecule has 0 spiro atoms. The van der Waals surface area contributed by atoms with E-state index >= 15 is 0 Å². The SMILES string of the molecule is N#CCCN(Cc1cccnc1)c1cnc(N)cn1. The summed E-state index contributed by atoms with van der Waals surface area (Å²) in [4.78, 5) is 14.3. The Morgan fingerprint density at radius 2 is 2.16 bits per heavy atom. The van der Waals surface area contributed by atoms with Crippen molar-refractivity contribution in [2.45, 2.75) is 13.0 Å². The Morgan fingerprint density at radius 3 is 2.79 bits per heavy atom. The van der Waals surface area contributed by atoms with Crippen molar-refractivity contribution in [3.8, 4) is 6.07 Å². The highest BCUT2D eigenvalue weighted by molar-refractivity contribution is 5.40. The molecule has 6 heteroatoms. The van der Waals surface area contributed by atoms with Gasteiger partial charge >= 0.3 is 0 Å². The number of hydrogen-bond acceptors (Lipinski definition) is 6. The number of pyridine rings is 1. The van der Waals surface area contributed by atoms with Gasteiger partial charge in [0.15, 0.2) is 0 Å². The maximum Gasteiger partial charge on any atom is 0.147 e. The van der Waals surface area contributed by atoms with Crippen LogP contribution in [0.4, 0.5) is 11.6 Å². The van der Waals surface area contributed by atoms with Gasteiger partial charge in [0.1, 0.15) is 11.6 Å². The lowest BCUT2D eigenvalue weighted by atomic mass is 10.2. The van der Waals surface area contributed by atoms with Gasteiger partial charge in [-0.05, 0) is 11.6 Å². The Balaban J connectivity index is 2.16. The van der Waals surface area contributed by atoms with E-state index in [0.717, 1.165) is 5.56 Å². The molecule has 6 nitrogen and oxygen atoms in total. The fourth-order valence-electron chi connectivity index (χ4n) is 1.67. The third-order valence-corrected chi connectivity index (χ3v) is 2.57. The van der Waals surface area contributed by atoms with Gasteiger partial charge in [-0.25, -0.2) is 9.97 Å². The van der Waals surface area contributed by atoms with Crippen molar-refractivity contribution in [2.24, 2.45) is 0 Å². The van der Waals surface area contributed by atoms with E-state index in [1.165, 1.54) is 6.20 Å². The third kappa shape index (κ3) is 3.64. The maximum absolute atomic E-state index is 8.73. The number of nitriles is 1. The van der Waals surface area contributed by atoms with E-state index in [1.54, 1.807) is 18.6 Å². The van der Waals surface area contributed by atoms with Crippen molar-refractivity contribution in [3.05, 3.63) is 42.5 Å². The first-order valence-corrected chi connectivity index (χ1v) is 5.88. The molecule has 2 aromatic heterocycles. The molecule has 0 aliphatic carbocycles. The molecular formula is C13H14N6. The van der Waals surface area contributed by atoms with E-state index in [1.807, 2.05) is 17.0 Å². The highest BCUT2D eigenvalue weighted by Gasteiger charge is 2.09. The number of hydrogen-bond donors (Lipinski definition) is 1. The summed E-state index contributed by atoms with van der Waals surface area (Å²) in [6.45, 7) is 1.22. The minimum atomic E-state index is 0.380. The average molecular weight is 254 g/mol. The minimum Gasteiger partial charge on any atom is -0.382 e. The molecule has 0 aliphatic rings. The summed E-state index contributed by atoms with van der Waals surface area (Å²) in [5, 5.41) is 8.73. The van der Waals surface area contributed by atoms with Crippen molar-refractivity contribution in [1.82, 2.24) is 15.0 Å². The number of nitrogens with two attached hydrogens (primary N) is 1. The van der Waals surface area contributed by atoms with E-state index in [4.69, 9.17) is 11.0 Å². The van der Waals surface area contributed by atoms with Gasteiger partial charge in [0, 0.05) is 25.5 Å². The molecule has 0 aromatic carbocycles. The Labute approximate surface area is 111 Å². The molecule has 0 saturated heterocycles. The molecule has 0 aliphatic heterocycles. The van der Waals surface area contributed by atoms with E-state index in [0.29, 0.717) is 31.1 Å². The Kier molecular flexibility index (Phi) is 4.24. The second-order valence-electron chi connectivity index (χ2n) is 3.99. The highest BCUT2D eigenvalue weighted by Crippen LogP contribution is 2.14. The van der Waals surface area contributed by atoms with E-state index in [-0.39, 0.29) is 0 Å². The second-order valence-corrected chi connectivity index (χ2v) is 3.99. The largest absolute Gasteiger partial charge is 0.382 e. The monoisotopic (exact) mass is 254 g/mol. The quantitative estimate of drug-likeness (QED) is 0.866. The molecule has 0 amide bonds. The lowest BCUT2D eigenvalue weighted by Crippen LogP contribution is -2.25. The smallest absolute Gasteiger partial charge is 0.147 e. The van der Waals surface area contributed by atoms with E-state index in [2.05, 4.69) is 21.0 Å². The molecule has 0 bridgehead atoms. The Morgan fingerprint density at radius 1 is 1.26 bits per heavy atom. The third-order valence-electron chi connectivity index (χ3n) is 2.57. The predicted molar refractivity (Wildman–Crippen MR) is 72.0 cm³/mol. The van der Waals surface area contributed by atoms with Gasteiger partial charge in [0.25, 0.3) is 0 Å². The van der Waals surface area contributed by atoms with Gasteiger partial charge in [-0.3, -0.25) is 4.98 Å². The zero-order valence-corrected chi connectivity index (χ0v) is 10.4. The molecule has 0 saturated carbocycles. The van der Waals surface area contributed by atoms with Crippen LogP contribution in [-0.2, 0) is 6.54 Å². The fourth-order valence-corrected chi connectivity index (χ4v) is 1.67. The van der Waals surface area contributed by atoms with Crippen molar-refractivity contribution in [2.75, 3.05) is 17.2 Å². The Hall–Kier alpha value is -2.68. The van der Waals surface area contributed by atoms with Gasteiger partial charge in [-0.1, -0.05) is 6.07 Å². The zero-order valence-electron chi connectivity index (χ0n) is 10.4. The van der Waals surface area contributed by atoms with Crippen LogP contribution < -0.4 is 10.6 Å². The molecule has 96 valence electrons. The summed E-state index contributed by atoms with van der Waals surface area (Å²) < 4.78 is 0. The molecule has 2 N–H and O–H groups in total. The van der Waals surface area contributed by atoms with Gasteiger partial charge in [0.05, 0.1) is 24.9 Å². The van der Waals surface area contributed by atoms with Gasteiger partial charge < -0.3 is 10.6 Å².